The van der Waals surface area contributed by atoms with E-state index in [9.17, 15) is 13.2 Å². The summed E-state index contributed by atoms with van der Waals surface area (Å²) in [5.74, 6) is -0.748. The average Bonchev–Trinajstić information content (AvgIpc) is 2.28. The van der Waals surface area contributed by atoms with E-state index in [2.05, 4.69) is 9.26 Å². The summed E-state index contributed by atoms with van der Waals surface area (Å²) in [7, 11) is -5.90. The maximum absolute atomic E-state index is 13.2. The van der Waals surface area contributed by atoms with Gasteiger partial charge in [-0.15, -0.1) is 0 Å². The Morgan fingerprint density at radius 3 is 2.23 bits per heavy atom. The van der Waals surface area contributed by atoms with Gasteiger partial charge in [0.2, 0.25) is 0 Å². The van der Waals surface area contributed by atoms with Gasteiger partial charge in [-0.3, -0.25) is 0 Å². The predicted octanol–water partition coefficient (Wildman–Crippen LogP) is 3.44. The molecule has 0 aliphatic rings. The molecule has 0 atom stereocenters. The molecule has 0 saturated heterocycles. The van der Waals surface area contributed by atoms with E-state index in [1.807, 2.05) is 0 Å². The summed E-state index contributed by atoms with van der Waals surface area (Å²) in [5, 5.41) is 0. The first kappa shape index (κ1) is 18.7. The first-order valence-electron chi connectivity index (χ1n) is 6.55. The van der Waals surface area contributed by atoms with Crippen LogP contribution in [0.2, 0.25) is 0 Å². The summed E-state index contributed by atoms with van der Waals surface area (Å²) in [4.78, 5) is 28.9. The molecule has 0 spiro atoms. The van der Waals surface area contributed by atoms with Crippen molar-refractivity contribution in [2.75, 3.05) is 7.11 Å². The molecular weight excluding hydrogens is 317 g/mol. The second kappa shape index (κ2) is 5.72. The quantitative estimate of drug-likeness (QED) is 0.650. The van der Waals surface area contributed by atoms with Gasteiger partial charge in [-0.1, -0.05) is 0 Å². The Morgan fingerprint density at radius 1 is 1.27 bits per heavy atom. The van der Waals surface area contributed by atoms with Crippen LogP contribution in [0.3, 0.4) is 0 Å². The van der Waals surface area contributed by atoms with E-state index in [0.717, 1.165) is 0 Å². The molecule has 0 unspecified atom stereocenters. The Hall–Kier alpha value is -1.30. The van der Waals surface area contributed by atoms with Gasteiger partial charge in [-0.2, -0.15) is 0 Å². The minimum absolute atomic E-state index is 0.0200. The predicted molar refractivity (Wildman–Crippen MR) is 79.8 cm³/mol. The molecule has 0 heterocycles. The zero-order valence-electron chi connectivity index (χ0n) is 13.2. The van der Waals surface area contributed by atoms with Crippen molar-refractivity contribution in [2.45, 2.75) is 39.5 Å². The molecule has 0 aliphatic carbocycles. The molecule has 0 amide bonds. The summed E-state index contributed by atoms with van der Waals surface area (Å²) in [6, 6.07) is 3.01. The van der Waals surface area contributed by atoms with Crippen molar-refractivity contribution >= 4 is 13.9 Å². The van der Waals surface area contributed by atoms with Crippen molar-refractivity contribution in [2.24, 2.45) is 0 Å². The number of aryl methyl sites for hydroxylation is 1. The normalized spacial score (nSPS) is 14.1. The molecule has 5 nitrogen and oxygen atoms in total. The number of rotatable bonds is 4. The summed E-state index contributed by atoms with van der Waals surface area (Å²) in [6.07, 6.45) is -0.0200. The SMILES string of the molecule is COC(=O)Cc1cc(C)c(OP(O)(O)(F)F)c(C(C)(C)C)c1. The second-order valence-corrected chi connectivity index (χ2v) is 7.84. The molecule has 0 fully saturated rings. The van der Waals surface area contributed by atoms with Gasteiger partial charge in [-0.25, -0.2) is 0 Å². The van der Waals surface area contributed by atoms with Crippen LogP contribution < -0.4 is 4.52 Å². The molecule has 8 heteroatoms. The third-order valence-corrected chi connectivity index (χ3v) is 3.44. The zero-order valence-corrected chi connectivity index (χ0v) is 14.1. The topological polar surface area (TPSA) is 76.0 Å². The number of benzene rings is 1. The van der Waals surface area contributed by atoms with Crippen LogP contribution in [-0.4, -0.2) is 22.9 Å². The van der Waals surface area contributed by atoms with Crippen LogP contribution in [0, 0.1) is 6.92 Å². The average molecular weight is 338 g/mol. The number of halogens is 2. The number of esters is 1. The first-order chi connectivity index (χ1) is 9.69. The van der Waals surface area contributed by atoms with Gasteiger partial charge in [0.25, 0.3) is 0 Å². The summed E-state index contributed by atoms with van der Waals surface area (Å²) >= 11 is 0. The molecule has 0 bridgehead atoms. The molecule has 0 aromatic heterocycles. The van der Waals surface area contributed by atoms with Crippen LogP contribution in [0.4, 0.5) is 8.39 Å². The van der Waals surface area contributed by atoms with Crippen LogP contribution in [-0.2, 0) is 21.4 Å². The molecular formula is C14H21F2O5P. The molecule has 2 N–H and O–H groups in total. The Bertz CT molecular complexity index is 578. The van der Waals surface area contributed by atoms with Gasteiger partial charge >= 0.3 is 127 Å². The van der Waals surface area contributed by atoms with Crippen molar-refractivity contribution in [3.63, 3.8) is 0 Å². The third-order valence-electron chi connectivity index (χ3n) is 2.96. The van der Waals surface area contributed by atoms with Crippen LogP contribution in [0.15, 0.2) is 12.1 Å². The van der Waals surface area contributed by atoms with Gasteiger partial charge < -0.3 is 0 Å². The van der Waals surface area contributed by atoms with E-state index in [1.54, 1.807) is 20.8 Å². The van der Waals surface area contributed by atoms with Crippen molar-refractivity contribution in [3.05, 3.63) is 28.8 Å². The Morgan fingerprint density at radius 2 is 1.82 bits per heavy atom. The molecule has 1 rings (SSSR count). The number of methoxy groups -OCH3 is 1. The Balaban J connectivity index is 3.42. The van der Waals surface area contributed by atoms with E-state index in [4.69, 9.17) is 9.79 Å². The van der Waals surface area contributed by atoms with Gasteiger partial charge in [0.05, 0.1) is 0 Å². The van der Waals surface area contributed by atoms with Crippen LogP contribution in [0.5, 0.6) is 5.75 Å². The molecule has 22 heavy (non-hydrogen) atoms. The molecule has 126 valence electrons. The number of hydrogen-bond donors (Lipinski definition) is 2. The molecule has 1 aromatic rings. The van der Waals surface area contributed by atoms with E-state index >= 15 is 0 Å². The zero-order chi connectivity index (χ0) is 17.4. The molecule has 0 saturated carbocycles. The summed E-state index contributed by atoms with van der Waals surface area (Å²) in [6.45, 7) is 6.78. The Kier molecular flexibility index (Phi) is 4.88. The first-order valence-corrected chi connectivity index (χ1v) is 8.39. The number of carbonyl (C=O) groups excluding carboxylic acids is 1. The van der Waals surface area contributed by atoms with E-state index < -0.39 is 19.3 Å². The molecule has 0 aliphatic heterocycles. The Labute approximate surface area is 128 Å². The number of hydrogen-bond acceptors (Lipinski definition) is 5. The van der Waals surface area contributed by atoms with Gasteiger partial charge in [0.15, 0.2) is 0 Å². The number of carbonyl (C=O) groups is 1. The fraction of sp³-hybridized carbons (Fsp3) is 0.500. The monoisotopic (exact) mass is 338 g/mol. The standard InChI is InChI=1S/C14H21F2O5P/c1-9-6-10(8-12(17)20-5)7-11(14(2,3)4)13(9)21-22(15,16,18)19/h6-7,18-19H,8H2,1-5H3. The van der Waals surface area contributed by atoms with E-state index in [-0.39, 0.29) is 17.7 Å². The van der Waals surface area contributed by atoms with Crippen LogP contribution >= 0.6 is 7.91 Å². The second-order valence-electron chi connectivity index (χ2n) is 6.14. The van der Waals surface area contributed by atoms with Crippen LogP contribution in [0.25, 0.3) is 0 Å². The number of ether oxygens (including phenoxy) is 1. The maximum atomic E-state index is 13.2. The van der Waals surface area contributed by atoms with Crippen molar-refractivity contribution in [1.29, 1.82) is 0 Å². The van der Waals surface area contributed by atoms with Crippen LogP contribution in [0.1, 0.15) is 37.5 Å². The summed E-state index contributed by atoms with van der Waals surface area (Å²) < 4.78 is 35.1. The van der Waals surface area contributed by atoms with Crippen molar-refractivity contribution in [1.82, 2.24) is 0 Å². The van der Waals surface area contributed by atoms with Crippen molar-refractivity contribution in [3.8, 4) is 5.75 Å². The van der Waals surface area contributed by atoms with Gasteiger partial charge in [0.1, 0.15) is 0 Å². The molecule has 1 aromatic carbocycles. The van der Waals surface area contributed by atoms with Gasteiger partial charge in [0, 0.05) is 0 Å². The minimum atomic E-state index is -7.16. The summed E-state index contributed by atoms with van der Waals surface area (Å²) in [5.41, 5.74) is 0.578. The van der Waals surface area contributed by atoms with Crippen molar-refractivity contribution < 1.29 is 32.2 Å². The third kappa shape index (κ3) is 5.48. The molecule has 0 radical (unpaired) electrons. The van der Waals surface area contributed by atoms with E-state index in [0.29, 0.717) is 11.1 Å². The fourth-order valence-electron chi connectivity index (χ4n) is 2.02. The fourth-order valence-corrected chi connectivity index (χ4v) is 2.56. The van der Waals surface area contributed by atoms with Gasteiger partial charge in [-0.05, 0) is 0 Å². The van der Waals surface area contributed by atoms with E-state index in [1.165, 1.54) is 26.2 Å².